The number of nitrogens with one attached hydrogen (secondary N) is 1. The highest BCUT2D eigenvalue weighted by atomic mass is 32.2. The van der Waals surface area contributed by atoms with Gasteiger partial charge in [0.05, 0.1) is 24.6 Å². The highest BCUT2D eigenvalue weighted by Gasteiger charge is 2.28. The first kappa shape index (κ1) is 16.0. The molecule has 0 bridgehead atoms. The van der Waals surface area contributed by atoms with Crippen LogP contribution in [-0.2, 0) is 14.6 Å². The zero-order valence-electron chi connectivity index (χ0n) is 11.3. The average Bonchev–Trinajstić information content (AvgIpc) is 2.44. The number of rotatable bonds is 6. The smallest absolute Gasteiger partial charge is 0.242 e. The Bertz CT molecular complexity index is 620. The minimum Gasteiger partial charge on any atom is -0.495 e. The molecular formula is C13H16N2O4S. The lowest BCUT2D eigenvalue weighted by Crippen LogP contribution is -2.34. The fourth-order valence-electron chi connectivity index (χ4n) is 1.51. The predicted octanol–water partition coefficient (Wildman–Crippen LogP) is 1.35. The number of para-hydroxylation sites is 2. The van der Waals surface area contributed by atoms with E-state index in [1.165, 1.54) is 14.0 Å². The fraction of sp³-hybridized carbons (Fsp3) is 0.385. The molecule has 0 aliphatic heterocycles. The Morgan fingerprint density at radius 2 is 2.10 bits per heavy atom. The number of ether oxygens (including phenoxy) is 1. The number of amides is 1. The van der Waals surface area contributed by atoms with Gasteiger partial charge < -0.3 is 10.1 Å². The number of carbonyl (C=O) groups excluding carboxylic acids is 1. The van der Waals surface area contributed by atoms with Crippen molar-refractivity contribution in [2.24, 2.45) is 0 Å². The summed E-state index contributed by atoms with van der Waals surface area (Å²) in [7, 11) is -2.18. The molecule has 0 aliphatic carbocycles. The van der Waals surface area contributed by atoms with Crippen LogP contribution in [0.25, 0.3) is 0 Å². The summed E-state index contributed by atoms with van der Waals surface area (Å²) in [4.78, 5) is 12.0. The lowest BCUT2D eigenvalue weighted by molar-refractivity contribution is -0.115. The molecule has 1 amide bonds. The van der Waals surface area contributed by atoms with Crippen molar-refractivity contribution >= 4 is 21.4 Å². The first-order chi connectivity index (χ1) is 9.42. The summed E-state index contributed by atoms with van der Waals surface area (Å²) in [5.41, 5.74) is 0.405. The Morgan fingerprint density at radius 1 is 1.45 bits per heavy atom. The third-order valence-corrected chi connectivity index (χ3v) is 4.84. The summed E-state index contributed by atoms with van der Waals surface area (Å²) < 4.78 is 28.7. The summed E-state index contributed by atoms with van der Waals surface area (Å²) in [6.07, 6.45) is -0.130. The van der Waals surface area contributed by atoms with E-state index in [2.05, 4.69) is 5.32 Å². The Balaban J connectivity index is 2.83. The second kappa shape index (κ2) is 6.91. The summed E-state index contributed by atoms with van der Waals surface area (Å²) in [5, 5.41) is 9.72. The minimum atomic E-state index is -3.64. The maximum Gasteiger partial charge on any atom is 0.242 e. The van der Waals surface area contributed by atoms with Crippen LogP contribution in [0.1, 0.15) is 13.3 Å². The van der Waals surface area contributed by atoms with Crippen molar-refractivity contribution in [2.75, 3.05) is 18.2 Å². The van der Waals surface area contributed by atoms with Gasteiger partial charge in [0.1, 0.15) is 11.0 Å². The SMILES string of the molecule is COc1ccccc1NC(=O)C(C)S(=O)(=O)CCC#N. The molecule has 1 aromatic carbocycles. The van der Waals surface area contributed by atoms with E-state index in [1.807, 2.05) is 0 Å². The van der Waals surface area contributed by atoms with E-state index in [4.69, 9.17) is 10.00 Å². The van der Waals surface area contributed by atoms with E-state index < -0.39 is 21.0 Å². The molecule has 1 rings (SSSR count). The standard InChI is InChI=1S/C13H16N2O4S/c1-10(20(17,18)9-5-8-14)13(16)15-11-6-3-4-7-12(11)19-2/h3-4,6-7,10H,5,9H2,1-2H3,(H,15,16). The fourth-order valence-corrected chi connectivity index (χ4v) is 2.62. The monoisotopic (exact) mass is 296 g/mol. The first-order valence-electron chi connectivity index (χ1n) is 5.94. The van der Waals surface area contributed by atoms with Gasteiger partial charge in [-0.25, -0.2) is 8.42 Å². The molecule has 0 aliphatic rings. The second-order valence-corrected chi connectivity index (χ2v) is 6.55. The number of carbonyl (C=O) groups is 1. The van der Waals surface area contributed by atoms with Gasteiger partial charge in [-0.1, -0.05) is 12.1 Å². The molecule has 1 N–H and O–H groups in total. The third-order valence-electron chi connectivity index (χ3n) is 2.77. The van der Waals surface area contributed by atoms with Crippen LogP contribution < -0.4 is 10.1 Å². The van der Waals surface area contributed by atoms with Crippen molar-refractivity contribution in [3.63, 3.8) is 0 Å². The molecule has 1 atom stereocenters. The highest BCUT2D eigenvalue weighted by molar-refractivity contribution is 7.92. The van der Waals surface area contributed by atoms with E-state index in [0.29, 0.717) is 11.4 Å². The van der Waals surface area contributed by atoms with E-state index in [0.717, 1.165) is 0 Å². The minimum absolute atomic E-state index is 0.130. The second-order valence-electron chi connectivity index (χ2n) is 4.11. The molecule has 0 radical (unpaired) electrons. The molecule has 108 valence electrons. The molecular weight excluding hydrogens is 280 g/mol. The number of sulfone groups is 1. The van der Waals surface area contributed by atoms with Gasteiger partial charge in [-0.05, 0) is 19.1 Å². The quantitative estimate of drug-likeness (QED) is 0.854. The third kappa shape index (κ3) is 3.96. The molecule has 0 saturated carbocycles. The number of nitriles is 1. The van der Waals surface area contributed by atoms with Crippen LogP contribution in [0.4, 0.5) is 5.69 Å². The van der Waals surface area contributed by atoms with Crippen LogP contribution in [-0.4, -0.2) is 32.4 Å². The number of anilines is 1. The van der Waals surface area contributed by atoms with Crippen LogP contribution >= 0.6 is 0 Å². The van der Waals surface area contributed by atoms with Crippen LogP contribution in [0.15, 0.2) is 24.3 Å². The van der Waals surface area contributed by atoms with Crippen LogP contribution in [0.3, 0.4) is 0 Å². The van der Waals surface area contributed by atoms with Crippen molar-refractivity contribution in [3.8, 4) is 11.8 Å². The molecule has 7 heteroatoms. The predicted molar refractivity (Wildman–Crippen MR) is 75.1 cm³/mol. The molecule has 0 fully saturated rings. The van der Waals surface area contributed by atoms with Gasteiger partial charge >= 0.3 is 0 Å². The van der Waals surface area contributed by atoms with Gasteiger partial charge in [0.15, 0.2) is 9.84 Å². The van der Waals surface area contributed by atoms with Gasteiger partial charge in [-0.2, -0.15) is 5.26 Å². The van der Waals surface area contributed by atoms with Gasteiger partial charge in [0.2, 0.25) is 5.91 Å². The number of hydrogen-bond acceptors (Lipinski definition) is 5. The summed E-state index contributed by atoms with van der Waals surface area (Å²) in [6, 6.07) is 8.47. The van der Waals surface area contributed by atoms with Crippen LogP contribution in [0.2, 0.25) is 0 Å². The van der Waals surface area contributed by atoms with E-state index >= 15 is 0 Å². The first-order valence-corrected chi connectivity index (χ1v) is 7.66. The summed E-state index contributed by atoms with van der Waals surface area (Å²) in [6.45, 7) is 1.30. The van der Waals surface area contributed by atoms with Gasteiger partial charge in [-0.3, -0.25) is 4.79 Å². The Morgan fingerprint density at radius 3 is 2.70 bits per heavy atom. The van der Waals surface area contributed by atoms with E-state index in [1.54, 1.807) is 30.3 Å². The number of nitrogens with zero attached hydrogens (tertiary/aromatic N) is 1. The zero-order valence-corrected chi connectivity index (χ0v) is 12.1. The lowest BCUT2D eigenvalue weighted by atomic mass is 10.3. The molecule has 0 heterocycles. The Kier molecular flexibility index (Phi) is 5.53. The van der Waals surface area contributed by atoms with Crippen molar-refractivity contribution in [1.82, 2.24) is 0 Å². The van der Waals surface area contributed by atoms with Gasteiger partial charge in [-0.15, -0.1) is 0 Å². The molecule has 0 spiro atoms. The van der Waals surface area contributed by atoms with Crippen molar-refractivity contribution in [1.29, 1.82) is 5.26 Å². The molecule has 0 saturated heterocycles. The molecule has 6 nitrogen and oxygen atoms in total. The average molecular weight is 296 g/mol. The largest absolute Gasteiger partial charge is 0.495 e. The normalized spacial score (nSPS) is 12.2. The Labute approximate surface area is 118 Å². The van der Waals surface area contributed by atoms with Gasteiger partial charge in [0, 0.05) is 6.42 Å². The Hall–Kier alpha value is -2.07. The van der Waals surface area contributed by atoms with Crippen molar-refractivity contribution < 1.29 is 17.9 Å². The number of methoxy groups -OCH3 is 1. The van der Waals surface area contributed by atoms with Crippen LogP contribution in [0.5, 0.6) is 5.75 Å². The van der Waals surface area contributed by atoms with E-state index in [-0.39, 0.29) is 12.2 Å². The van der Waals surface area contributed by atoms with E-state index in [9.17, 15) is 13.2 Å². The van der Waals surface area contributed by atoms with Gasteiger partial charge in [0.25, 0.3) is 0 Å². The number of hydrogen-bond donors (Lipinski definition) is 1. The van der Waals surface area contributed by atoms with Crippen molar-refractivity contribution in [3.05, 3.63) is 24.3 Å². The lowest BCUT2D eigenvalue weighted by Gasteiger charge is -2.14. The molecule has 20 heavy (non-hydrogen) atoms. The number of benzene rings is 1. The summed E-state index contributed by atoms with van der Waals surface area (Å²) >= 11 is 0. The molecule has 1 unspecified atom stereocenters. The highest BCUT2D eigenvalue weighted by Crippen LogP contribution is 2.23. The van der Waals surface area contributed by atoms with Crippen molar-refractivity contribution in [2.45, 2.75) is 18.6 Å². The molecule has 0 aromatic heterocycles. The summed E-state index contributed by atoms with van der Waals surface area (Å²) in [5.74, 6) is -0.529. The maximum absolute atomic E-state index is 12.0. The maximum atomic E-state index is 12.0. The zero-order chi connectivity index (χ0) is 15.2. The molecule has 1 aromatic rings. The topological polar surface area (TPSA) is 96.3 Å². The van der Waals surface area contributed by atoms with Crippen LogP contribution in [0, 0.1) is 11.3 Å².